The maximum Gasteiger partial charge on any atom is 0.343 e. The Hall–Kier alpha value is -3.49. The van der Waals surface area contributed by atoms with Gasteiger partial charge in [0, 0.05) is 12.6 Å². The van der Waals surface area contributed by atoms with Gasteiger partial charge in [-0.1, -0.05) is 30.9 Å². The Kier molecular flexibility index (Phi) is 7.04. The summed E-state index contributed by atoms with van der Waals surface area (Å²) in [6.07, 6.45) is 6.94. The summed E-state index contributed by atoms with van der Waals surface area (Å²) in [6.45, 7) is 4.79. The van der Waals surface area contributed by atoms with Gasteiger partial charge in [-0.25, -0.2) is 0 Å². The van der Waals surface area contributed by atoms with Gasteiger partial charge in [0.1, 0.15) is 5.75 Å². The number of aromatic nitrogens is 3. The molecule has 26 heavy (non-hydrogen) atoms. The number of hydrogen-bond donors (Lipinski definition) is 2. The number of amidine groups is 1. The third-order valence-electron chi connectivity index (χ3n) is 2.69. The lowest BCUT2D eigenvalue weighted by Crippen LogP contribution is -2.12. The Labute approximate surface area is 151 Å². The zero-order chi connectivity index (χ0) is 18.8. The van der Waals surface area contributed by atoms with Crippen LogP contribution in [0.4, 0.5) is 11.5 Å². The minimum Gasteiger partial charge on any atom is -0.435 e. The summed E-state index contributed by atoms with van der Waals surface area (Å²) < 4.78 is 10.2. The molecule has 0 unspecified atom stereocenters. The van der Waals surface area contributed by atoms with Crippen molar-refractivity contribution in [3.63, 3.8) is 0 Å². The third kappa shape index (κ3) is 7.39. The molecule has 1 aromatic heterocycles. The average Bonchev–Trinajstić information content (AvgIpc) is 3.46. The fourth-order valence-electron chi connectivity index (χ4n) is 1.52. The molecule has 9 nitrogen and oxygen atoms in total. The fraction of sp³-hybridized carbons (Fsp3) is 0.235. The number of carbonyl (C=O) groups is 1. The number of rotatable bonds is 5. The van der Waals surface area contributed by atoms with Crippen LogP contribution >= 0.6 is 0 Å². The van der Waals surface area contributed by atoms with E-state index in [-0.39, 0.29) is 23.8 Å². The van der Waals surface area contributed by atoms with Crippen molar-refractivity contribution in [3.05, 3.63) is 43.3 Å². The van der Waals surface area contributed by atoms with Crippen LogP contribution in [0.25, 0.3) is 0 Å². The predicted octanol–water partition coefficient (Wildman–Crippen LogP) is 2.90. The number of amides is 1. The van der Waals surface area contributed by atoms with E-state index in [1.165, 1.54) is 32.4 Å². The van der Waals surface area contributed by atoms with E-state index >= 15 is 0 Å². The summed E-state index contributed by atoms with van der Waals surface area (Å²) in [7, 11) is 0. The standard InChI is InChI=1S/C14H14N6O3.C3H6/c1-3-22-13(15)18-12-8-16-20-14(19-12)23-11-6-4-10(5-7-11)17-9(2)21;1-2-3-1/h3-8H,1H2,2H3,(H,17,21)(H2,15,18,19,20);1-3H2. The van der Waals surface area contributed by atoms with E-state index in [1.807, 2.05) is 0 Å². The summed E-state index contributed by atoms with van der Waals surface area (Å²) in [6, 6.07) is 6.53. The normalized spacial score (nSPS) is 12.3. The van der Waals surface area contributed by atoms with Gasteiger partial charge in [0.25, 0.3) is 6.02 Å². The van der Waals surface area contributed by atoms with Crippen molar-refractivity contribution < 1.29 is 14.3 Å². The fourth-order valence-corrected chi connectivity index (χ4v) is 1.52. The number of anilines is 1. The van der Waals surface area contributed by atoms with Crippen LogP contribution in [0.2, 0.25) is 0 Å². The summed E-state index contributed by atoms with van der Waals surface area (Å²) in [4.78, 5) is 18.8. The number of ether oxygens (including phenoxy) is 2. The van der Waals surface area contributed by atoms with Gasteiger partial charge in [0.2, 0.25) is 5.91 Å². The Morgan fingerprint density at radius 3 is 2.58 bits per heavy atom. The van der Waals surface area contributed by atoms with Crippen molar-refractivity contribution in [3.8, 4) is 11.8 Å². The average molecular weight is 356 g/mol. The van der Waals surface area contributed by atoms with Crippen LogP contribution in [0, 0.1) is 0 Å². The predicted molar refractivity (Wildman–Crippen MR) is 97.1 cm³/mol. The Balaban J connectivity index is 0.000000732. The number of hydrogen-bond acceptors (Lipinski definition) is 7. The van der Waals surface area contributed by atoms with E-state index in [1.54, 1.807) is 24.3 Å². The lowest BCUT2D eigenvalue weighted by atomic mass is 10.3. The summed E-state index contributed by atoms with van der Waals surface area (Å²) in [5.74, 6) is 0.484. The van der Waals surface area contributed by atoms with Crippen molar-refractivity contribution in [1.82, 2.24) is 15.2 Å². The first-order valence-corrected chi connectivity index (χ1v) is 7.94. The second-order valence-corrected chi connectivity index (χ2v) is 5.20. The number of aliphatic imine (C=N–C) groups is 1. The molecule has 1 heterocycles. The minimum absolute atomic E-state index is 0.00932. The number of nitrogens with two attached hydrogens (primary N) is 1. The number of nitrogens with zero attached hydrogens (tertiary/aromatic N) is 4. The van der Waals surface area contributed by atoms with Crippen LogP contribution in [0.15, 0.2) is 48.3 Å². The van der Waals surface area contributed by atoms with Gasteiger partial charge in [-0.2, -0.15) is 9.98 Å². The molecule has 136 valence electrons. The molecular formula is C17H20N6O3. The van der Waals surface area contributed by atoms with Crippen LogP contribution in [-0.4, -0.2) is 27.1 Å². The number of benzene rings is 1. The second kappa shape index (κ2) is 9.72. The second-order valence-electron chi connectivity index (χ2n) is 5.20. The highest BCUT2D eigenvalue weighted by molar-refractivity contribution is 5.88. The first-order chi connectivity index (χ1) is 12.6. The molecule has 0 aliphatic heterocycles. The van der Waals surface area contributed by atoms with Crippen LogP contribution in [0.1, 0.15) is 26.2 Å². The molecule has 1 aliphatic carbocycles. The molecule has 1 aliphatic rings. The zero-order valence-corrected chi connectivity index (χ0v) is 14.4. The largest absolute Gasteiger partial charge is 0.435 e. The van der Waals surface area contributed by atoms with Crippen molar-refractivity contribution in [2.24, 2.45) is 10.7 Å². The van der Waals surface area contributed by atoms with Crippen molar-refractivity contribution >= 4 is 23.4 Å². The molecule has 0 atom stereocenters. The van der Waals surface area contributed by atoms with E-state index < -0.39 is 0 Å². The molecule has 0 saturated heterocycles. The van der Waals surface area contributed by atoms with E-state index in [4.69, 9.17) is 15.2 Å². The third-order valence-corrected chi connectivity index (χ3v) is 2.69. The van der Waals surface area contributed by atoms with Gasteiger partial charge in [-0.3, -0.25) is 4.79 Å². The van der Waals surface area contributed by atoms with Crippen molar-refractivity contribution in [2.45, 2.75) is 26.2 Å². The Morgan fingerprint density at radius 2 is 2.00 bits per heavy atom. The summed E-state index contributed by atoms with van der Waals surface area (Å²) in [5.41, 5.74) is 6.12. The molecule has 1 saturated carbocycles. The topological polar surface area (TPSA) is 125 Å². The summed E-state index contributed by atoms with van der Waals surface area (Å²) in [5, 5.41) is 10.1. The minimum atomic E-state index is -0.156. The number of nitrogens with one attached hydrogen (secondary N) is 1. The number of carbonyl (C=O) groups excluding carboxylic acids is 1. The van der Waals surface area contributed by atoms with Crippen molar-refractivity contribution in [2.75, 3.05) is 5.32 Å². The molecule has 9 heteroatoms. The molecule has 0 radical (unpaired) electrons. The molecule has 0 spiro atoms. The van der Waals surface area contributed by atoms with Gasteiger partial charge in [0.05, 0.1) is 12.5 Å². The quantitative estimate of drug-likeness (QED) is 0.479. The molecule has 1 fully saturated rings. The monoisotopic (exact) mass is 356 g/mol. The van der Waals surface area contributed by atoms with Gasteiger partial charge in [0.15, 0.2) is 5.82 Å². The van der Waals surface area contributed by atoms with Gasteiger partial charge < -0.3 is 20.5 Å². The maximum atomic E-state index is 11.0. The van der Waals surface area contributed by atoms with Gasteiger partial charge >= 0.3 is 6.01 Å². The first-order valence-electron chi connectivity index (χ1n) is 7.94. The van der Waals surface area contributed by atoms with Gasteiger partial charge in [-0.15, -0.1) is 5.10 Å². The zero-order valence-electron chi connectivity index (χ0n) is 14.4. The van der Waals surface area contributed by atoms with E-state index in [0.717, 1.165) is 6.26 Å². The van der Waals surface area contributed by atoms with Crippen LogP contribution < -0.4 is 15.8 Å². The lowest BCUT2D eigenvalue weighted by Gasteiger charge is -2.05. The molecule has 2 aromatic rings. The van der Waals surface area contributed by atoms with Crippen molar-refractivity contribution in [1.29, 1.82) is 0 Å². The molecule has 3 rings (SSSR count). The highest BCUT2D eigenvalue weighted by atomic mass is 16.5. The maximum absolute atomic E-state index is 11.0. The van der Waals surface area contributed by atoms with Crippen LogP contribution in [0.5, 0.6) is 11.8 Å². The van der Waals surface area contributed by atoms with Gasteiger partial charge in [-0.05, 0) is 24.3 Å². The van der Waals surface area contributed by atoms with Crippen LogP contribution in [0.3, 0.4) is 0 Å². The highest BCUT2D eigenvalue weighted by Gasteiger charge is 2.04. The Morgan fingerprint density at radius 1 is 1.31 bits per heavy atom. The molecule has 1 amide bonds. The molecule has 3 N–H and O–H groups in total. The smallest absolute Gasteiger partial charge is 0.343 e. The summed E-state index contributed by atoms with van der Waals surface area (Å²) >= 11 is 0. The lowest BCUT2D eigenvalue weighted by molar-refractivity contribution is -0.114. The van der Waals surface area contributed by atoms with E-state index in [2.05, 4.69) is 32.1 Å². The highest BCUT2D eigenvalue weighted by Crippen LogP contribution is 2.21. The SMILES string of the molecule is C1CC1.C=CO/C(N)=N/c1cnnc(Oc2ccc(NC(C)=O)cc2)n1. The molecular weight excluding hydrogens is 336 g/mol. The van der Waals surface area contributed by atoms with Crippen LogP contribution in [-0.2, 0) is 9.53 Å². The molecule has 0 bridgehead atoms. The Bertz CT molecular complexity index is 772. The molecule has 1 aromatic carbocycles. The first kappa shape index (κ1) is 18.8. The van der Waals surface area contributed by atoms with E-state index in [9.17, 15) is 4.79 Å². The van der Waals surface area contributed by atoms with E-state index in [0.29, 0.717) is 11.4 Å².